The molecule has 0 aliphatic heterocycles. The molecule has 21 heavy (non-hydrogen) atoms. The van der Waals surface area contributed by atoms with Gasteiger partial charge >= 0.3 is 5.97 Å². The molecule has 0 aliphatic rings. The molecule has 0 bridgehead atoms. The molecule has 0 rings (SSSR count). The Balaban J connectivity index is 0. The molecule has 0 fully saturated rings. The van der Waals surface area contributed by atoms with Crippen LogP contribution in [0.5, 0.6) is 0 Å². The predicted octanol–water partition coefficient (Wildman–Crippen LogP) is 2.09. The second-order valence-electron chi connectivity index (χ2n) is 5.22. The van der Waals surface area contributed by atoms with Crippen LogP contribution in [0, 0.1) is 0 Å². The maximum Gasteiger partial charge on any atom is 0.328 e. The number of carboxylic acids is 1. The van der Waals surface area contributed by atoms with E-state index in [1.807, 2.05) is 0 Å². The third kappa shape index (κ3) is 14.6. The summed E-state index contributed by atoms with van der Waals surface area (Å²) in [5.41, 5.74) is 0. The van der Waals surface area contributed by atoms with Gasteiger partial charge in [-0.15, -0.1) is 0 Å². The number of carbonyl (C=O) groups excluding carboxylic acids is 1. The molecule has 0 saturated heterocycles. The van der Waals surface area contributed by atoms with Crippen molar-refractivity contribution in [2.75, 3.05) is 6.61 Å². The van der Waals surface area contributed by atoms with Crippen LogP contribution in [-0.4, -0.2) is 64.3 Å². The normalized spacial score (nSPS) is 11.5. The number of carbonyl (C=O) groups is 2. The molecule has 6 heteroatoms. The number of unbranched alkanes of at least 4 members (excludes halogenated alkanes) is 8. The number of amides is 1. The van der Waals surface area contributed by atoms with Crippen LogP contribution in [0.25, 0.3) is 0 Å². The van der Waals surface area contributed by atoms with Crippen molar-refractivity contribution in [2.24, 2.45) is 0 Å². The van der Waals surface area contributed by atoms with Gasteiger partial charge in [0.1, 0.15) is 6.04 Å². The van der Waals surface area contributed by atoms with E-state index >= 15 is 0 Å². The monoisotopic (exact) mass is 310 g/mol. The van der Waals surface area contributed by atoms with Gasteiger partial charge < -0.3 is 15.5 Å². The Morgan fingerprint density at radius 1 is 0.952 bits per heavy atom. The molecule has 0 unspecified atom stereocenters. The summed E-state index contributed by atoms with van der Waals surface area (Å²) in [5.74, 6) is -1.50. The topological polar surface area (TPSA) is 86.6 Å². The van der Waals surface area contributed by atoms with Crippen molar-refractivity contribution in [3.8, 4) is 0 Å². The number of aliphatic hydroxyl groups excluding tert-OH is 1. The molecule has 0 aromatic heterocycles. The Morgan fingerprint density at radius 3 is 1.86 bits per heavy atom. The summed E-state index contributed by atoms with van der Waals surface area (Å²) in [6.07, 6.45) is 10.9. The van der Waals surface area contributed by atoms with Gasteiger partial charge in [-0.1, -0.05) is 58.3 Å². The summed E-state index contributed by atoms with van der Waals surface area (Å²) in [6, 6.07) is -1.18. The fraction of sp³-hybridized carbons (Fsp3) is 0.867. The second-order valence-corrected chi connectivity index (χ2v) is 5.22. The number of rotatable bonds is 13. The van der Waals surface area contributed by atoms with Crippen molar-refractivity contribution in [3.63, 3.8) is 0 Å². The molecule has 1 amide bonds. The van der Waals surface area contributed by atoms with Crippen LogP contribution in [0.3, 0.4) is 0 Å². The first-order valence-electron chi connectivity index (χ1n) is 7.74. The van der Waals surface area contributed by atoms with Crippen molar-refractivity contribution >= 4 is 41.4 Å². The van der Waals surface area contributed by atoms with Crippen LogP contribution in [0.4, 0.5) is 0 Å². The maximum atomic E-state index is 11.4. The number of nitrogens with one attached hydrogen (secondary N) is 1. The Bertz CT molecular complexity index is 274. The second kappa shape index (κ2) is 16.3. The van der Waals surface area contributed by atoms with Crippen LogP contribution in [0.1, 0.15) is 71.1 Å². The summed E-state index contributed by atoms with van der Waals surface area (Å²) >= 11 is 0. The van der Waals surface area contributed by atoms with Gasteiger partial charge in [-0.2, -0.15) is 0 Å². The van der Waals surface area contributed by atoms with E-state index in [4.69, 9.17) is 10.2 Å². The van der Waals surface area contributed by atoms with Gasteiger partial charge in [-0.3, -0.25) is 4.79 Å². The molecule has 0 spiro atoms. The van der Waals surface area contributed by atoms with Crippen molar-refractivity contribution in [2.45, 2.75) is 77.2 Å². The number of aliphatic hydroxyl groups is 1. The van der Waals surface area contributed by atoms with Crippen LogP contribution >= 0.6 is 0 Å². The zero-order chi connectivity index (χ0) is 15.2. The zero-order valence-corrected chi connectivity index (χ0v) is 15.6. The molecular weight excluding hydrogens is 281 g/mol. The fourth-order valence-electron chi connectivity index (χ4n) is 2.05. The third-order valence-corrected chi connectivity index (χ3v) is 3.32. The minimum Gasteiger partial charge on any atom is -0.480 e. The van der Waals surface area contributed by atoms with E-state index in [9.17, 15) is 9.59 Å². The number of aliphatic carboxylic acids is 1. The van der Waals surface area contributed by atoms with E-state index in [1.54, 1.807) is 0 Å². The summed E-state index contributed by atoms with van der Waals surface area (Å²) in [6.45, 7) is 1.63. The number of hydrogen-bond acceptors (Lipinski definition) is 3. The van der Waals surface area contributed by atoms with E-state index in [1.165, 1.54) is 38.5 Å². The molecule has 0 saturated carbocycles. The van der Waals surface area contributed by atoms with Crippen molar-refractivity contribution in [3.05, 3.63) is 0 Å². The van der Waals surface area contributed by atoms with Gasteiger partial charge in [0, 0.05) is 36.0 Å². The summed E-state index contributed by atoms with van der Waals surface area (Å²) in [5, 5.41) is 19.8. The van der Waals surface area contributed by atoms with E-state index in [0.717, 1.165) is 19.3 Å². The third-order valence-electron chi connectivity index (χ3n) is 3.32. The summed E-state index contributed by atoms with van der Waals surface area (Å²) in [7, 11) is 0. The molecule has 0 aromatic rings. The largest absolute Gasteiger partial charge is 0.480 e. The Labute approximate surface area is 150 Å². The average Bonchev–Trinajstić information content (AvgIpc) is 2.42. The van der Waals surface area contributed by atoms with E-state index in [2.05, 4.69) is 12.2 Å². The Morgan fingerprint density at radius 2 is 1.43 bits per heavy atom. The summed E-state index contributed by atoms with van der Waals surface area (Å²) in [4.78, 5) is 22.1. The SMILES string of the molecule is CCCCCCCCCCCC(=O)N[C@@H](CO)C(=O)O.[Na]. The molecule has 3 N–H and O–H groups in total. The molecule has 1 atom stereocenters. The molecule has 0 aromatic carbocycles. The zero-order valence-electron chi connectivity index (χ0n) is 13.6. The van der Waals surface area contributed by atoms with Crippen LogP contribution < -0.4 is 5.32 Å². The Kier molecular flexibility index (Phi) is 18.0. The van der Waals surface area contributed by atoms with E-state index < -0.39 is 18.6 Å². The standard InChI is InChI=1S/C15H29NO4.Na/c1-2-3-4-5-6-7-8-9-10-11-14(18)16-13(12-17)15(19)20;/h13,17H,2-12H2,1H3,(H,16,18)(H,19,20);/t13-;/m0./s1. The Hall–Kier alpha value is -0.100. The molecular formula is C15H29NNaO4. The molecule has 1 radical (unpaired) electrons. The molecule has 0 heterocycles. The van der Waals surface area contributed by atoms with Crippen molar-refractivity contribution in [1.29, 1.82) is 0 Å². The van der Waals surface area contributed by atoms with Crippen LogP contribution in [0.2, 0.25) is 0 Å². The number of carboxylic acid groups (broad SMARTS) is 1. The average molecular weight is 310 g/mol. The molecule has 0 aliphatic carbocycles. The number of hydrogen-bond donors (Lipinski definition) is 3. The van der Waals surface area contributed by atoms with Crippen molar-refractivity contribution in [1.82, 2.24) is 5.32 Å². The van der Waals surface area contributed by atoms with Crippen LogP contribution in [0.15, 0.2) is 0 Å². The fourth-order valence-corrected chi connectivity index (χ4v) is 2.05. The quantitative estimate of drug-likeness (QED) is 0.359. The molecule has 119 valence electrons. The van der Waals surface area contributed by atoms with Gasteiger partial charge in [-0.25, -0.2) is 4.79 Å². The van der Waals surface area contributed by atoms with Crippen LogP contribution in [-0.2, 0) is 9.59 Å². The molecule has 5 nitrogen and oxygen atoms in total. The van der Waals surface area contributed by atoms with E-state index in [0.29, 0.717) is 6.42 Å². The minimum absolute atomic E-state index is 0. The van der Waals surface area contributed by atoms with Gasteiger partial charge in [0.25, 0.3) is 0 Å². The first-order valence-corrected chi connectivity index (χ1v) is 7.74. The van der Waals surface area contributed by atoms with Gasteiger partial charge in [-0.05, 0) is 6.42 Å². The van der Waals surface area contributed by atoms with Gasteiger partial charge in [0.15, 0.2) is 0 Å². The first-order chi connectivity index (χ1) is 9.61. The predicted molar refractivity (Wildman–Crippen MR) is 84.3 cm³/mol. The van der Waals surface area contributed by atoms with Gasteiger partial charge in [0.05, 0.1) is 6.61 Å². The summed E-state index contributed by atoms with van der Waals surface area (Å²) < 4.78 is 0. The first kappa shape index (κ1) is 23.2. The maximum absolute atomic E-state index is 11.4. The van der Waals surface area contributed by atoms with Crippen molar-refractivity contribution < 1.29 is 19.8 Å². The minimum atomic E-state index is -1.20. The van der Waals surface area contributed by atoms with Gasteiger partial charge in [0.2, 0.25) is 5.91 Å². The van der Waals surface area contributed by atoms with E-state index in [-0.39, 0.29) is 35.5 Å². The smallest absolute Gasteiger partial charge is 0.328 e.